The van der Waals surface area contributed by atoms with Crippen LogP contribution >= 0.6 is 0 Å². The molecule has 0 aliphatic rings. The lowest BCUT2D eigenvalue weighted by Gasteiger charge is -2.11. The Morgan fingerprint density at radius 3 is 2.54 bits per heavy atom. The zero-order valence-electron chi connectivity index (χ0n) is 15.8. The van der Waals surface area contributed by atoms with Gasteiger partial charge in [-0.05, 0) is 29.3 Å². The van der Waals surface area contributed by atoms with Crippen molar-refractivity contribution in [1.29, 1.82) is 0 Å². The first-order valence-electron chi connectivity index (χ1n) is 9.02. The smallest absolute Gasteiger partial charge is 0.253 e. The number of nitrogens with two attached hydrogens (primary N) is 1. The molecule has 3 N–H and O–H groups in total. The summed E-state index contributed by atoms with van der Waals surface area (Å²) >= 11 is 0. The number of hydrogen-bond acceptors (Lipinski definition) is 4. The van der Waals surface area contributed by atoms with Crippen LogP contribution < -0.4 is 5.73 Å². The fourth-order valence-electron chi connectivity index (χ4n) is 3.17. The van der Waals surface area contributed by atoms with Gasteiger partial charge in [0.25, 0.3) is 5.91 Å². The van der Waals surface area contributed by atoms with Gasteiger partial charge in [0.1, 0.15) is 5.69 Å². The zero-order valence-corrected chi connectivity index (χ0v) is 15.8. The summed E-state index contributed by atoms with van der Waals surface area (Å²) in [6.45, 7) is 0.509. The third kappa shape index (κ3) is 3.25. The summed E-state index contributed by atoms with van der Waals surface area (Å²) in [6, 6.07) is 17.7. The van der Waals surface area contributed by atoms with Gasteiger partial charge in [-0.1, -0.05) is 36.4 Å². The molecule has 0 aliphatic heterocycles. The number of benzene rings is 2. The maximum Gasteiger partial charge on any atom is 0.253 e. The van der Waals surface area contributed by atoms with Gasteiger partial charge in [-0.25, -0.2) is 4.98 Å². The lowest BCUT2D eigenvalue weighted by molar-refractivity contribution is 0.0827. The molecule has 0 unspecified atom stereocenters. The van der Waals surface area contributed by atoms with Crippen molar-refractivity contribution in [2.24, 2.45) is 5.73 Å². The number of carbonyl (C=O) groups is 1. The highest BCUT2D eigenvalue weighted by atomic mass is 16.2. The maximum absolute atomic E-state index is 12.3. The van der Waals surface area contributed by atoms with Crippen LogP contribution in [0.25, 0.3) is 33.4 Å². The van der Waals surface area contributed by atoms with Crippen molar-refractivity contribution in [3.63, 3.8) is 0 Å². The second-order valence-corrected chi connectivity index (χ2v) is 6.87. The molecule has 0 fully saturated rings. The minimum atomic E-state index is -0.0279. The molecule has 0 saturated heterocycles. The number of hydrogen-bond donors (Lipinski definition) is 2. The van der Waals surface area contributed by atoms with Crippen LogP contribution in [0, 0.1) is 0 Å². The van der Waals surface area contributed by atoms with Crippen molar-refractivity contribution >= 4 is 16.9 Å². The van der Waals surface area contributed by atoms with E-state index in [2.05, 4.69) is 21.2 Å². The van der Waals surface area contributed by atoms with Gasteiger partial charge < -0.3 is 10.6 Å². The summed E-state index contributed by atoms with van der Waals surface area (Å²) in [6.07, 6.45) is 1.79. The molecular weight excluding hydrogens is 350 g/mol. The van der Waals surface area contributed by atoms with Gasteiger partial charge in [0.2, 0.25) is 0 Å². The predicted molar refractivity (Wildman–Crippen MR) is 111 cm³/mol. The fraction of sp³-hybridized carbons (Fsp3) is 0.136. The second kappa shape index (κ2) is 7.25. The standard InChI is InChI=1S/C22H21N5O/c1-27(2)22(28)17-5-3-4-16(10-17)18-11-19-20(25-26-21(19)24-13-18)15-8-6-14(12-23)7-9-15/h3-11,13H,12,23H2,1-2H3,(H,24,25,26). The summed E-state index contributed by atoms with van der Waals surface area (Å²) in [7, 11) is 3.49. The molecule has 140 valence electrons. The van der Waals surface area contributed by atoms with Crippen LogP contribution in [0.5, 0.6) is 0 Å². The fourth-order valence-corrected chi connectivity index (χ4v) is 3.17. The van der Waals surface area contributed by atoms with Crippen LogP contribution in [-0.2, 0) is 6.54 Å². The van der Waals surface area contributed by atoms with Gasteiger partial charge in [0.05, 0.1) is 0 Å². The molecule has 1 amide bonds. The third-order valence-corrected chi connectivity index (χ3v) is 4.73. The van der Waals surface area contributed by atoms with E-state index in [0.717, 1.165) is 39.0 Å². The summed E-state index contributed by atoms with van der Waals surface area (Å²) in [5, 5.41) is 8.37. The van der Waals surface area contributed by atoms with E-state index in [4.69, 9.17) is 5.73 Å². The number of carbonyl (C=O) groups excluding carboxylic acids is 1. The summed E-state index contributed by atoms with van der Waals surface area (Å²) < 4.78 is 0. The number of aromatic nitrogens is 3. The quantitative estimate of drug-likeness (QED) is 0.575. The Morgan fingerprint density at radius 2 is 1.82 bits per heavy atom. The number of nitrogens with zero attached hydrogens (tertiary/aromatic N) is 3. The van der Waals surface area contributed by atoms with Crippen molar-refractivity contribution in [2.75, 3.05) is 14.1 Å². The number of amides is 1. The Kier molecular flexibility index (Phi) is 4.63. The molecule has 0 bridgehead atoms. The van der Waals surface area contributed by atoms with Crippen LogP contribution in [0.4, 0.5) is 0 Å². The molecule has 28 heavy (non-hydrogen) atoms. The minimum absolute atomic E-state index is 0.0279. The van der Waals surface area contributed by atoms with Crippen LogP contribution in [-0.4, -0.2) is 40.1 Å². The Labute approximate surface area is 163 Å². The minimum Gasteiger partial charge on any atom is -0.345 e. The van der Waals surface area contributed by atoms with Gasteiger partial charge in [-0.3, -0.25) is 9.89 Å². The SMILES string of the molecule is CN(C)C(=O)c1cccc(-c2cnc3[nH]nc(-c4ccc(CN)cc4)c3c2)c1. The Morgan fingerprint density at radius 1 is 1.04 bits per heavy atom. The average molecular weight is 371 g/mol. The molecule has 6 heteroatoms. The predicted octanol–water partition coefficient (Wildman–Crippen LogP) is 3.45. The molecule has 2 aromatic carbocycles. The van der Waals surface area contributed by atoms with Gasteiger partial charge >= 0.3 is 0 Å². The van der Waals surface area contributed by atoms with Crippen LogP contribution in [0.1, 0.15) is 15.9 Å². The van der Waals surface area contributed by atoms with Crippen molar-refractivity contribution in [2.45, 2.75) is 6.54 Å². The molecule has 0 spiro atoms. The summed E-state index contributed by atoms with van der Waals surface area (Å²) in [5.74, 6) is -0.0279. The number of nitrogens with one attached hydrogen (secondary N) is 1. The number of fused-ring (bicyclic) bond motifs is 1. The van der Waals surface area contributed by atoms with Crippen molar-refractivity contribution in [1.82, 2.24) is 20.1 Å². The lowest BCUT2D eigenvalue weighted by Crippen LogP contribution is -2.21. The molecule has 6 nitrogen and oxygen atoms in total. The maximum atomic E-state index is 12.3. The molecule has 2 aromatic heterocycles. The first kappa shape index (κ1) is 17.9. The second-order valence-electron chi connectivity index (χ2n) is 6.87. The number of aromatic amines is 1. The van der Waals surface area contributed by atoms with E-state index in [1.54, 1.807) is 25.2 Å². The van der Waals surface area contributed by atoms with Crippen LogP contribution in [0.3, 0.4) is 0 Å². The van der Waals surface area contributed by atoms with Crippen LogP contribution in [0.2, 0.25) is 0 Å². The molecule has 2 heterocycles. The van der Waals surface area contributed by atoms with Crippen molar-refractivity contribution < 1.29 is 4.79 Å². The third-order valence-electron chi connectivity index (χ3n) is 4.73. The molecule has 4 rings (SSSR count). The van der Waals surface area contributed by atoms with Gasteiger partial charge in [-0.15, -0.1) is 0 Å². The van der Waals surface area contributed by atoms with Gasteiger partial charge in [-0.2, -0.15) is 5.10 Å². The van der Waals surface area contributed by atoms with E-state index in [1.807, 2.05) is 48.5 Å². The highest BCUT2D eigenvalue weighted by Gasteiger charge is 2.13. The van der Waals surface area contributed by atoms with E-state index < -0.39 is 0 Å². The Balaban J connectivity index is 1.77. The number of rotatable bonds is 4. The topological polar surface area (TPSA) is 87.9 Å². The molecule has 4 aromatic rings. The van der Waals surface area contributed by atoms with Crippen LogP contribution in [0.15, 0.2) is 60.8 Å². The van der Waals surface area contributed by atoms with E-state index >= 15 is 0 Å². The molecular formula is C22H21N5O. The Bertz CT molecular complexity index is 1150. The highest BCUT2D eigenvalue weighted by molar-refractivity contribution is 5.96. The average Bonchev–Trinajstić information content (AvgIpc) is 3.16. The van der Waals surface area contributed by atoms with Gasteiger partial charge in [0, 0.05) is 48.9 Å². The highest BCUT2D eigenvalue weighted by Crippen LogP contribution is 2.29. The number of pyridine rings is 1. The number of H-pyrrole nitrogens is 1. The van der Waals surface area contributed by atoms with E-state index in [9.17, 15) is 4.79 Å². The summed E-state index contributed by atoms with van der Waals surface area (Å²) in [4.78, 5) is 18.4. The first-order chi connectivity index (χ1) is 13.6. The summed E-state index contributed by atoms with van der Waals surface area (Å²) in [5.41, 5.74) is 11.8. The normalized spacial score (nSPS) is 11.0. The first-order valence-corrected chi connectivity index (χ1v) is 9.02. The zero-order chi connectivity index (χ0) is 19.7. The van der Waals surface area contributed by atoms with Crippen molar-refractivity contribution in [3.05, 3.63) is 71.9 Å². The molecule has 0 atom stereocenters. The largest absolute Gasteiger partial charge is 0.345 e. The van der Waals surface area contributed by atoms with Crippen molar-refractivity contribution in [3.8, 4) is 22.4 Å². The Hall–Kier alpha value is -3.51. The van der Waals surface area contributed by atoms with E-state index in [1.165, 1.54) is 0 Å². The molecule has 0 aliphatic carbocycles. The van der Waals surface area contributed by atoms with E-state index in [0.29, 0.717) is 12.1 Å². The molecule has 0 saturated carbocycles. The molecule has 0 radical (unpaired) electrons. The van der Waals surface area contributed by atoms with E-state index in [-0.39, 0.29) is 5.91 Å². The monoisotopic (exact) mass is 371 g/mol. The van der Waals surface area contributed by atoms with Gasteiger partial charge in [0.15, 0.2) is 5.65 Å². The lowest BCUT2D eigenvalue weighted by atomic mass is 10.0.